The molecule has 0 radical (unpaired) electrons. The number of aromatic nitrogens is 2. The van der Waals surface area contributed by atoms with E-state index in [4.69, 9.17) is 9.47 Å². The molecular weight excluding hydrogens is 242 g/mol. The molecule has 1 rings (SSSR count). The molecule has 0 unspecified atom stereocenters. The Kier molecular flexibility index (Phi) is 7.36. The van der Waals surface area contributed by atoms with Crippen LogP contribution in [0.15, 0.2) is 12.4 Å². The molecule has 0 bridgehead atoms. The molecule has 1 heterocycles. The van der Waals surface area contributed by atoms with Crippen LogP contribution in [0.4, 0.5) is 0 Å². The molecule has 5 nitrogen and oxygen atoms in total. The summed E-state index contributed by atoms with van der Waals surface area (Å²) < 4.78 is 10.9. The molecule has 1 aromatic rings. The number of hydrogen-bond acceptors (Lipinski definition) is 5. The Labute approximate surface area is 115 Å². The van der Waals surface area contributed by atoms with E-state index in [-0.39, 0.29) is 0 Å². The van der Waals surface area contributed by atoms with Gasteiger partial charge in [-0.3, -0.25) is 4.98 Å². The minimum absolute atomic E-state index is 0.441. The van der Waals surface area contributed by atoms with Crippen LogP contribution in [0.25, 0.3) is 0 Å². The van der Waals surface area contributed by atoms with E-state index >= 15 is 0 Å². The Bertz CT molecular complexity index is 339. The fraction of sp³-hybridized carbons (Fsp3) is 0.714. The molecule has 1 N–H and O–H groups in total. The third kappa shape index (κ3) is 7.74. The van der Waals surface area contributed by atoms with E-state index < -0.39 is 0 Å². The lowest BCUT2D eigenvalue weighted by Crippen LogP contribution is -2.22. The predicted molar refractivity (Wildman–Crippen MR) is 75.2 cm³/mol. The van der Waals surface area contributed by atoms with Crippen LogP contribution in [-0.4, -0.2) is 35.8 Å². The number of nitrogens with one attached hydrogen (secondary N) is 1. The zero-order valence-electron chi connectivity index (χ0n) is 12.3. The van der Waals surface area contributed by atoms with Crippen molar-refractivity contribution in [3.05, 3.63) is 18.1 Å². The monoisotopic (exact) mass is 267 g/mol. The lowest BCUT2D eigenvalue weighted by atomic mass is 10.2. The van der Waals surface area contributed by atoms with Gasteiger partial charge in [-0.2, -0.15) is 0 Å². The lowest BCUT2D eigenvalue weighted by molar-refractivity contribution is 0.0805. The highest BCUT2D eigenvalue weighted by atomic mass is 16.5. The second kappa shape index (κ2) is 8.82. The van der Waals surface area contributed by atoms with E-state index in [1.54, 1.807) is 12.4 Å². The molecule has 19 heavy (non-hydrogen) atoms. The third-order valence-corrected chi connectivity index (χ3v) is 2.30. The van der Waals surface area contributed by atoms with Crippen molar-refractivity contribution < 1.29 is 9.47 Å². The molecule has 0 aliphatic rings. The van der Waals surface area contributed by atoms with Crippen molar-refractivity contribution in [2.24, 2.45) is 5.92 Å². The zero-order chi connectivity index (χ0) is 14.1. The molecular formula is C14H25N3O2. The molecule has 0 saturated heterocycles. The summed E-state index contributed by atoms with van der Waals surface area (Å²) in [6, 6.07) is 0.441. The molecule has 0 aliphatic heterocycles. The Morgan fingerprint density at radius 2 is 1.89 bits per heavy atom. The first-order chi connectivity index (χ1) is 9.08. The van der Waals surface area contributed by atoms with E-state index in [1.165, 1.54) is 0 Å². The van der Waals surface area contributed by atoms with Gasteiger partial charge in [0.15, 0.2) is 0 Å². The maximum absolute atomic E-state index is 5.45. The molecule has 0 fully saturated rings. The predicted octanol–water partition coefficient (Wildman–Crippen LogP) is 2.03. The fourth-order valence-corrected chi connectivity index (χ4v) is 1.34. The van der Waals surface area contributed by atoms with Crippen LogP contribution >= 0.6 is 0 Å². The van der Waals surface area contributed by atoms with Crippen molar-refractivity contribution in [1.82, 2.24) is 15.3 Å². The van der Waals surface area contributed by atoms with Gasteiger partial charge in [-0.25, -0.2) is 4.98 Å². The maximum atomic E-state index is 5.45. The van der Waals surface area contributed by atoms with E-state index in [1.807, 2.05) is 0 Å². The standard InChI is InChI=1S/C14H25N3O2/c1-11(2)10-18-5-6-19-14-9-16-13(8-17-14)7-15-12(3)4/h8-9,11-12,15H,5-7,10H2,1-4H3. The van der Waals surface area contributed by atoms with Gasteiger partial charge >= 0.3 is 0 Å². The highest BCUT2D eigenvalue weighted by Gasteiger charge is 2.00. The zero-order valence-corrected chi connectivity index (χ0v) is 12.3. The van der Waals surface area contributed by atoms with E-state index in [0.717, 1.165) is 18.8 Å². The average molecular weight is 267 g/mol. The molecule has 0 atom stereocenters. The summed E-state index contributed by atoms with van der Waals surface area (Å²) in [6.45, 7) is 11.0. The van der Waals surface area contributed by atoms with Gasteiger partial charge in [0.25, 0.3) is 0 Å². The Hall–Kier alpha value is -1.20. The van der Waals surface area contributed by atoms with Crippen LogP contribution in [0.1, 0.15) is 33.4 Å². The highest BCUT2D eigenvalue weighted by Crippen LogP contribution is 2.04. The van der Waals surface area contributed by atoms with Gasteiger partial charge in [0.1, 0.15) is 6.61 Å². The minimum Gasteiger partial charge on any atom is -0.474 e. The summed E-state index contributed by atoms with van der Waals surface area (Å²) in [5.74, 6) is 1.09. The molecule has 1 aromatic heterocycles. The average Bonchev–Trinajstić information content (AvgIpc) is 2.37. The molecule has 0 aromatic carbocycles. The Balaban J connectivity index is 2.20. The lowest BCUT2D eigenvalue weighted by Gasteiger charge is -2.09. The van der Waals surface area contributed by atoms with Crippen molar-refractivity contribution in [3.63, 3.8) is 0 Å². The molecule has 0 saturated carbocycles. The van der Waals surface area contributed by atoms with Crippen LogP contribution in [0.3, 0.4) is 0 Å². The first-order valence-corrected chi connectivity index (χ1v) is 6.82. The summed E-state index contributed by atoms with van der Waals surface area (Å²) in [7, 11) is 0. The first-order valence-electron chi connectivity index (χ1n) is 6.82. The smallest absolute Gasteiger partial charge is 0.232 e. The summed E-state index contributed by atoms with van der Waals surface area (Å²) in [4.78, 5) is 8.50. The van der Waals surface area contributed by atoms with Crippen LogP contribution in [0, 0.1) is 5.92 Å². The SMILES string of the molecule is CC(C)COCCOc1cnc(CNC(C)C)cn1. The van der Waals surface area contributed by atoms with Crippen LogP contribution in [0.2, 0.25) is 0 Å². The molecule has 5 heteroatoms. The molecule has 0 aliphatic carbocycles. The Morgan fingerprint density at radius 3 is 2.47 bits per heavy atom. The normalized spacial score (nSPS) is 11.3. The topological polar surface area (TPSA) is 56.3 Å². The van der Waals surface area contributed by atoms with Gasteiger partial charge in [0.05, 0.1) is 24.7 Å². The second-order valence-corrected chi connectivity index (χ2v) is 5.20. The van der Waals surface area contributed by atoms with Crippen molar-refractivity contribution in [1.29, 1.82) is 0 Å². The van der Waals surface area contributed by atoms with Gasteiger partial charge in [-0.05, 0) is 5.92 Å². The van der Waals surface area contributed by atoms with E-state index in [9.17, 15) is 0 Å². The number of rotatable bonds is 9. The van der Waals surface area contributed by atoms with Gasteiger partial charge in [0, 0.05) is 19.2 Å². The largest absolute Gasteiger partial charge is 0.474 e. The first kappa shape index (κ1) is 15.9. The maximum Gasteiger partial charge on any atom is 0.232 e. The molecule has 0 spiro atoms. The van der Waals surface area contributed by atoms with Gasteiger partial charge in [-0.15, -0.1) is 0 Å². The summed E-state index contributed by atoms with van der Waals surface area (Å²) >= 11 is 0. The summed E-state index contributed by atoms with van der Waals surface area (Å²) in [6.07, 6.45) is 3.39. The van der Waals surface area contributed by atoms with Crippen molar-refractivity contribution >= 4 is 0 Å². The molecule has 0 amide bonds. The summed E-state index contributed by atoms with van der Waals surface area (Å²) in [5, 5.41) is 3.29. The molecule has 108 valence electrons. The van der Waals surface area contributed by atoms with Crippen LogP contribution in [-0.2, 0) is 11.3 Å². The number of nitrogens with zero attached hydrogens (tertiary/aromatic N) is 2. The van der Waals surface area contributed by atoms with Crippen LogP contribution in [0.5, 0.6) is 5.88 Å². The van der Waals surface area contributed by atoms with Crippen molar-refractivity contribution in [2.45, 2.75) is 40.3 Å². The Morgan fingerprint density at radius 1 is 1.11 bits per heavy atom. The minimum atomic E-state index is 0.441. The third-order valence-electron chi connectivity index (χ3n) is 2.30. The van der Waals surface area contributed by atoms with Crippen LogP contribution < -0.4 is 10.1 Å². The van der Waals surface area contributed by atoms with Gasteiger partial charge < -0.3 is 14.8 Å². The van der Waals surface area contributed by atoms with Crippen molar-refractivity contribution in [3.8, 4) is 5.88 Å². The quantitative estimate of drug-likeness (QED) is 0.694. The second-order valence-electron chi connectivity index (χ2n) is 5.20. The van der Waals surface area contributed by atoms with E-state index in [0.29, 0.717) is 31.1 Å². The summed E-state index contributed by atoms with van der Waals surface area (Å²) in [5.41, 5.74) is 0.914. The highest BCUT2D eigenvalue weighted by molar-refractivity contribution is 5.07. The van der Waals surface area contributed by atoms with Gasteiger partial charge in [-0.1, -0.05) is 27.7 Å². The number of ether oxygens (including phenoxy) is 2. The van der Waals surface area contributed by atoms with E-state index in [2.05, 4.69) is 43.0 Å². The fourth-order valence-electron chi connectivity index (χ4n) is 1.34. The van der Waals surface area contributed by atoms with Crippen molar-refractivity contribution in [2.75, 3.05) is 19.8 Å². The van der Waals surface area contributed by atoms with Gasteiger partial charge in [0.2, 0.25) is 5.88 Å². The number of hydrogen-bond donors (Lipinski definition) is 1.